The molecule has 1 atom stereocenters. The first-order valence-corrected chi connectivity index (χ1v) is 5.21. The van der Waals surface area contributed by atoms with Crippen LogP contribution in [0.3, 0.4) is 0 Å². The highest BCUT2D eigenvalue weighted by atomic mass is 16.2. The van der Waals surface area contributed by atoms with Crippen molar-refractivity contribution >= 4 is 11.9 Å². The van der Waals surface area contributed by atoms with Crippen LogP contribution in [0.5, 0.6) is 0 Å². The van der Waals surface area contributed by atoms with Crippen molar-refractivity contribution in [1.82, 2.24) is 15.8 Å². The molecule has 0 radical (unpaired) electrons. The fourth-order valence-electron chi connectivity index (χ4n) is 1.59. The lowest BCUT2D eigenvalue weighted by Crippen LogP contribution is -2.53. The first-order chi connectivity index (χ1) is 7.09. The van der Waals surface area contributed by atoms with Crippen LogP contribution >= 0.6 is 0 Å². The molecule has 4 N–H and O–H groups in total. The van der Waals surface area contributed by atoms with Crippen molar-refractivity contribution in [2.75, 3.05) is 13.1 Å². The molecule has 3 amide bonds. The summed E-state index contributed by atoms with van der Waals surface area (Å²) in [6.45, 7) is 3.58. The topological polar surface area (TPSA) is 87.5 Å². The van der Waals surface area contributed by atoms with Gasteiger partial charge in [-0.3, -0.25) is 10.1 Å². The van der Waals surface area contributed by atoms with Crippen molar-refractivity contribution in [2.45, 2.75) is 32.2 Å². The fourth-order valence-corrected chi connectivity index (χ4v) is 1.59. The van der Waals surface area contributed by atoms with Crippen molar-refractivity contribution < 1.29 is 9.59 Å². The summed E-state index contributed by atoms with van der Waals surface area (Å²) < 4.78 is 0. The number of nitrogens with two attached hydrogens (primary N) is 1. The van der Waals surface area contributed by atoms with E-state index < -0.39 is 18.0 Å². The molecule has 0 aromatic carbocycles. The second kappa shape index (κ2) is 5.67. The van der Waals surface area contributed by atoms with Gasteiger partial charge in [-0.25, -0.2) is 15.2 Å². The molecule has 6 nitrogen and oxygen atoms in total. The zero-order chi connectivity index (χ0) is 11.3. The van der Waals surface area contributed by atoms with E-state index in [9.17, 15) is 9.59 Å². The number of carbonyl (C=O) groups is 2. The lowest BCUT2D eigenvalue weighted by Gasteiger charge is -2.29. The van der Waals surface area contributed by atoms with E-state index in [0.717, 1.165) is 25.9 Å². The Hall–Kier alpha value is -1.14. The van der Waals surface area contributed by atoms with Crippen LogP contribution in [0.15, 0.2) is 0 Å². The lowest BCUT2D eigenvalue weighted by atomic mass is 10.2. The van der Waals surface area contributed by atoms with E-state index >= 15 is 0 Å². The highest BCUT2D eigenvalue weighted by molar-refractivity contribution is 5.96. The molecule has 15 heavy (non-hydrogen) atoms. The third-order valence-electron chi connectivity index (χ3n) is 2.37. The predicted molar refractivity (Wildman–Crippen MR) is 55.7 cm³/mol. The average molecular weight is 214 g/mol. The minimum atomic E-state index is -0.813. The molecule has 1 fully saturated rings. The van der Waals surface area contributed by atoms with Crippen LogP contribution < -0.4 is 16.5 Å². The molecule has 86 valence electrons. The summed E-state index contributed by atoms with van der Waals surface area (Å²) in [6.07, 6.45) is 3.51. The van der Waals surface area contributed by atoms with Gasteiger partial charge in [0.1, 0.15) is 0 Å². The lowest BCUT2D eigenvalue weighted by molar-refractivity contribution is -0.123. The number of primary amides is 1. The van der Waals surface area contributed by atoms with Gasteiger partial charge in [0.2, 0.25) is 5.91 Å². The zero-order valence-corrected chi connectivity index (χ0v) is 8.95. The van der Waals surface area contributed by atoms with E-state index in [2.05, 4.69) is 5.43 Å². The van der Waals surface area contributed by atoms with E-state index in [0.29, 0.717) is 0 Å². The number of rotatable bonds is 3. The molecule has 0 aromatic heterocycles. The minimum absolute atomic E-state index is 0.395. The van der Waals surface area contributed by atoms with E-state index in [1.54, 1.807) is 6.92 Å². The first-order valence-electron chi connectivity index (χ1n) is 5.21. The second-order valence-corrected chi connectivity index (χ2v) is 3.75. The van der Waals surface area contributed by atoms with Crippen molar-refractivity contribution in [2.24, 2.45) is 5.73 Å². The number of piperidine rings is 1. The number of imide groups is 1. The van der Waals surface area contributed by atoms with Gasteiger partial charge in [-0.2, -0.15) is 0 Å². The average Bonchev–Trinajstić information content (AvgIpc) is 2.18. The molecule has 0 spiro atoms. The van der Waals surface area contributed by atoms with E-state index in [1.807, 2.05) is 10.3 Å². The molecule has 1 aliphatic heterocycles. The van der Waals surface area contributed by atoms with Crippen LogP contribution in [-0.4, -0.2) is 36.1 Å². The summed E-state index contributed by atoms with van der Waals surface area (Å²) in [4.78, 5) is 21.8. The number of hydrogen-bond acceptors (Lipinski definition) is 4. The number of urea groups is 1. The van der Waals surface area contributed by atoms with Crippen LogP contribution in [0.25, 0.3) is 0 Å². The Kier molecular flexibility index (Phi) is 4.51. The summed E-state index contributed by atoms with van der Waals surface area (Å²) in [5.74, 6) is -0.395. The minimum Gasteiger partial charge on any atom is -0.351 e. The molecule has 1 rings (SSSR count). The number of nitrogens with zero attached hydrogens (tertiary/aromatic N) is 1. The molecule has 1 saturated heterocycles. The molecule has 6 heteroatoms. The van der Waals surface area contributed by atoms with E-state index in [4.69, 9.17) is 5.73 Å². The number of nitrogens with one attached hydrogen (secondary N) is 2. The normalized spacial score (nSPS) is 19.5. The Morgan fingerprint density at radius 3 is 2.40 bits per heavy atom. The third-order valence-corrected chi connectivity index (χ3v) is 2.37. The summed E-state index contributed by atoms with van der Waals surface area (Å²) >= 11 is 0. The van der Waals surface area contributed by atoms with Gasteiger partial charge in [-0.15, -0.1) is 0 Å². The SMILES string of the molecule is CC(NN1CCCCC1)C(=O)NC(N)=O. The van der Waals surface area contributed by atoms with Crippen molar-refractivity contribution in [3.63, 3.8) is 0 Å². The van der Waals surface area contributed by atoms with Gasteiger partial charge < -0.3 is 5.73 Å². The number of hydrazine groups is 1. The summed E-state index contributed by atoms with van der Waals surface area (Å²) in [6, 6.07) is -1.25. The molecular weight excluding hydrogens is 196 g/mol. The molecule has 0 aliphatic carbocycles. The highest BCUT2D eigenvalue weighted by Gasteiger charge is 2.18. The summed E-state index contributed by atoms with van der Waals surface area (Å²) in [5, 5.41) is 4.05. The van der Waals surface area contributed by atoms with Crippen molar-refractivity contribution in [1.29, 1.82) is 0 Å². The van der Waals surface area contributed by atoms with Crippen LogP contribution in [0, 0.1) is 0 Å². The van der Waals surface area contributed by atoms with Gasteiger partial charge in [0, 0.05) is 13.1 Å². The van der Waals surface area contributed by atoms with E-state index in [1.165, 1.54) is 6.42 Å². The molecule has 0 saturated carbocycles. The van der Waals surface area contributed by atoms with Crippen LogP contribution in [0.4, 0.5) is 4.79 Å². The Bertz CT molecular complexity index is 238. The van der Waals surface area contributed by atoms with Crippen LogP contribution in [0.1, 0.15) is 26.2 Å². The molecule has 0 aromatic rings. The molecular formula is C9H18N4O2. The van der Waals surface area contributed by atoms with Gasteiger partial charge in [-0.1, -0.05) is 6.42 Å². The predicted octanol–water partition coefficient (Wildman–Crippen LogP) is -0.440. The maximum Gasteiger partial charge on any atom is 0.318 e. The van der Waals surface area contributed by atoms with Gasteiger partial charge in [0.15, 0.2) is 0 Å². The molecule has 1 unspecified atom stereocenters. The van der Waals surface area contributed by atoms with Gasteiger partial charge in [-0.05, 0) is 19.8 Å². The highest BCUT2D eigenvalue weighted by Crippen LogP contribution is 2.06. The van der Waals surface area contributed by atoms with Gasteiger partial charge in [0.05, 0.1) is 6.04 Å². The van der Waals surface area contributed by atoms with Gasteiger partial charge >= 0.3 is 6.03 Å². The molecule has 0 bridgehead atoms. The Balaban J connectivity index is 2.29. The molecule has 1 aliphatic rings. The first kappa shape index (κ1) is 11.9. The molecule has 1 heterocycles. The largest absolute Gasteiger partial charge is 0.351 e. The van der Waals surface area contributed by atoms with Crippen LogP contribution in [0.2, 0.25) is 0 Å². The Labute approximate surface area is 89.1 Å². The number of carbonyl (C=O) groups excluding carboxylic acids is 2. The van der Waals surface area contributed by atoms with E-state index in [-0.39, 0.29) is 0 Å². The third kappa shape index (κ3) is 4.26. The quantitative estimate of drug-likeness (QED) is 0.594. The van der Waals surface area contributed by atoms with Crippen molar-refractivity contribution in [3.05, 3.63) is 0 Å². The number of hydrogen-bond donors (Lipinski definition) is 3. The maximum atomic E-state index is 11.3. The Morgan fingerprint density at radius 2 is 1.87 bits per heavy atom. The summed E-state index contributed by atoms with van der Waals surface area (Å²) in [7, 11) is 0. The zero-order valence-electron chi connectivity index (χ0n) is 8.95. The fraction of sp³-hybridized carbons (Fsp3) is 0.778. The van der Waals surface area contributed by atoms with Gasteiger partial charge in [0.25, 0.3) is 0 Å². The smallest absolute Gasteiger partial charge is 0.318 e. The maximum absolute atomic E-state index is 11.3. The standard InChI is InChI=1S/C9H18N4O2/c1-7(8(14)11-9(10)15)12-13-5-3-2-4-6-13/h7,12H,2-6H2,1H3,(H3,10,11,14,15). The summed E-state index contributed by atoms with van der Waals surface area (Å²) in [5.41, 5.74) is 7.89. The van der Waals surface area contributed by atoms with Crippen molar-refractivity contribution in [3.8, 4) is 0 Å². The second-order valence-electron chi connectivity index (χ2n) is 3.75. The Morgan fingerprint density at radius 1 is 1.27 bits per heavy atom. The number of amides is 3. The van der Waals surface area contributed by atoms with Crippen LogP contribution in [-0.2, 0) is 4.79 Å². The monoisotopic (exact) mass is 214 g/mol.